The molecule has 0 saturated heterocycles. The van der Waals surface area contributed by atoms with Crippen molar-refractivity contribution in [3.05, 3.63) is 59.4 Å². The minimum absolute atomic E-state index is 0.261. The maximum absolute atomic E-state index is 13.1. The lowest BCUT2D eigenvalue weighted by Crippen LogP contribution is -1.90. The fraction of sp³-hybridized carbons (Fsp3) is 0.150. The molecule has 0 bridgehead atoms. The summed E-state index contributed by atoms with van der Waals surface area (Å²) in [5.74, 6) is 1.95. The Kier molecular flexibility index (Phi) is 5.77. The lowest BCUT2D eigenvalue weighted by molar-refractivity contribution is 0.355. The molecular formula is C20H16FN3O3S2. The SMILES string of the molecule is COc1ccc(-c2nnc(SCc3csc(-c4ccc(F)cc4)n3)o2)cc1OC. The van der Waals surface area contributed by atoms with Gasteiger partial charge in [0.05, 0.1) is 19.9 Å². The quantitative estimate of drug-likeness (QED) is 0.369. The van der Waals surface area contributed by atoms with Crippen molar-refractivity contribution in [3.8, 4) is 33.5 Å². The normalized spacial score (nSPS) is 10.9. The lowest BCUT2D eigenvalue weighted by atomic mass is 10.2. The molecule has 148 valence electrons. The second-order valence-corrected chi connectivity index (χ2v) is 7.67. The fourth-order valence-electron chi connectivity index (χ4n) is 2.59. The average Bonchev–Trinajstić information content (AvgIpc) is 3.42. The Morgan fingerprint density at radius 1 is 1.00 bits per heavy atom. The summed E-state index contributed by atoms with van der Waals surface area (Å²) >= 11 is 2.92. The van der Waals surface area contributed by atoms with Gasteiger partial charge in [0.15, 0.2) is 11.5 Å². The van der Waals surface area contributed by atoms with E-state index in [1.807, 2.05) is 11.4 Å². The second-order valence-electron chi connectivity index (χ2n) is 5.88. The molecule has 0 unspecified atom stereocenters. The molecule has 0 aliphatic heterocycles. The van der Waals surface area contributed by atoms with Crippen molar-refractivity contribution in [2.75, 3.05) is 14.2 Å². The van der Waals surface area contributed by atoms with Crippen LogP contribution in [0.15, 0.2) is 57.5 Å². The number of methoxy groups -OCH3 is 2. The molecule has 0 saturated carbocycles. The number of hydrogen-bond donors (Lipinski definition) is 0. The Balaban J connectivity index is 1.43. The molecule has 4 rings (SSSR count). The molecule has 4 aromatic rings. The summed E-state index contributed by atoms with van der Waals surface area (Å²) in [6, 6.07) is 11.7. The highest BCUT2D eigenvalue weighted by atomic mass is 32.2. The largest absolute Gasteiger partial charge is 0.493 e. The van der Waals surface area contributed by atoms with Gasteiger partial charge in [-0.3, -0.25) is 0 Å². The maximum Gasteiger partial charge on any atom is 0.277 e. The van der Waals surface area contributed by atoms with Gasteiger partial charge < -0.3 is 13.9 Å². The van der Waals surface area contributed by atoms with E-state index in [2.05, 4.69) is 15.2 Å². The zero-order valence-corrected chi connectivity index (χ0v) is 17.2. The first kappa shape index (κ1) is 19.4. The Bertz CT molecular complexity index is 1110. The van der Waals surface area contributed by atoms with E-state index in [1.54, 1.807) is 38.5 Å². The Hall–Kier alpha value is -2.91. The van der Waals surface area contributed by atoms with Gasteiger partial charge in [-0.2, -0.15) is 0 Å². The number of nitrogens with zero attached hydrogens (tertiary/aromatic N) is 3. The van der Waals surface area contributed by atoms with Crippen LogP contribution in [-0.4, -0.2) is 29.4 Å². The minimum Gasteiger partial charge on any atom is -0.493 e. The molecule has 2 aromatic carbocycles. The highest BCUT2D eigenvalue weighted by Gasteiger charge is 2.13. The second kappa shape index (κ2) is 8.62. The number of thioether (sulfide) groups is 1. The van der Waals surface area contributed by atoms with Crippen LogP contribution in [0.25, 0.3) is 22.0 Å². The van der Waals surface area contributed by atoms with Crippen molar-refractivity contribution < 1.29 is 18.3 Å². The smallest absolute Gasteiger partial charge is 0.277 e. The topological polar surface area (TPSA) is 70.3 Å². The van der Waals surface area contributed by atoms with E-state index in [9.17, 15) is 4.39 Å². The van der Waals surface area contributed by atoms with Gasteiger partial charge in [-0.1, -0.05) is 11.8 Å². The molecule has 0 N–H and O–H groups in total. The van der Waals surface area contributed by atoms with Gasteiger partial charge in [0.25, 0.3) is 5.22 Å². The molecule has 0 aliphatic rings. The first-order valence-corrected chi connectivity index (χ1v) is 10.4. The maximum atomic E-state index is 13.1. The van der Waals surface area contributed by atoms with Crippen LogP contribution in [0.2, 0.25) is 0 Å². The molecule has 6 nitrogen and oxygen atoms in total. The zero-order valence-electron chi connectivity index (χ0n) is 15.6. The molecule has 0 amide bonds. The summed E-state index contributed by atoms with van der Waals surface area (Å²) in [5, 5.41) is 11.5. The molecule has 9 heteroatoms. The van der Waals surface area contributed by atoms with Gasteiger partial charge in [0.1, 0.15) is 10.8 Å². The number of benzene rings is 2. The predicted molar refractivity (Wildman–Crippen MR) is 110 cm³/mol. The summed E-state index contributed by atoms with van der Waals surface area (Å²) in [6.07, 6.45) is 0. The molecule has 0 radical (unpaired) electrons. The summed E-state index contributed by atoms with van der Waals surface area (Å²) in [4.78, 5) is 4.59. The first-order chi connectivity index (χ1) is 14.2. The molecule has 0 spiro atoms. The molecule has 0 atom stereocenters. The molecule has 2 aromatic heterocycles. The standard InChI is InChI=1S/C20H16FN3O3S2/c1-25-16-8-5-13(9-17(16)26-2)18-23-24-20(27-18)29-11-15-10-28-19(22-15)12-3-6-14(21)7-4-12/h3-10H,11H2,1-2H3. The number of hydrogen-bond acceptors (Lipinski definition) is 8. The third kappa shape index (κ3) is 4.41. The highest BCUT2D eigenvalue weighted by molar-refractivity contribution is 7.98. The van der Waals surface area contributed by atoms with Gasteiger partial charge in [0.2, 0.25) is 5.89 Å². The van der Waals surface area contributed by atoms with E-state index >= 15 is 0 Å². The van der Waals surface area contributed by atoms with Crippen molar-refractivity contribution in [3.63, 3.8) is 0 Å². The van der Waals surface area contributed by atoms with Gasteiger partial charge in [-0.25, -0.2) is 9.37 Å². The average molecular weight is 429 g/mol. The molecule has 2 heterocycles. The molecule has 29 heavy (non-hydrogen) atoms. The Morgan fingerprint density at radius 2 is 1.76 bits per heavy atom. The van der Waals surface area contributed by atoms with E-state index in [0.717, 1.165) is 21.8 Å². The van der Waals surface area contributed by atoms with Crippen molar-refractivity contribution in [2.45, 2.75) is 11.0 Å². The third-order valence-electron chi connectivity index (χ3n) is 4.02. The van der Waals surface area contributed by atoms with Crippen LogP contribution in [0.4, 0.5) is 4.39 Å². The van der Waals surface area contributed by atoms with Crippen LogP contribution in [0, 0.1) is 5.82 Å². The van der Waals surface area contributed by atoms with Gasteiger partial charge in [-0.05, 0) is 42.5 Å². The van der Waals surface area contributed by atoms with Crippen molar-refractivity contribution in [2.24, 2.45) is 0 Å². The zero-order chi connectivity index (χ0) is 20.2. The van der Waals surface area contributed by atoms with Crippen LogP contribution in [0.1, 0.15) is 5.69 Å². The van der Waals surface area contributed by atoms with E-state index in [1.165, 1.54) is 35.2 Å². The van der Waals surface area contributed by atoms with E-state index in [0.29, 0.717) is 28.4 Å². The minimum atomic E-state index is -0.261. The lowest BCUT2D eigenvalue weighted by Gasteiger charge is -2.07. The monoisotopic (exact) mass is 429 g/mol. The number of ether oxygens (including phenoxy) is 2. The molecule has 0 fully saturated rings. The van der Waals surface area contributed by atoms with Gasteiger partial charge in [-0.15, -0.1) is 21.5 Å². The number of rotatable bonds is 7. The number of thiazole rings is 1. The molecule has 0 aliphatic carbocycles. The van der Waals surface area contributed by atoms with Gasteiger partial charge >= 0.3 is 0 Å². The van der Waals surface area contributed by atoms with Crippen LogP contribution >= 0.6 is 23.1 Å². The van der Waals surface area contributed by atoms with E-state index in [4.69, 9.17) is 13.9 Å². The predicted octanol–water partition coefficient (Wildman–Crippen LogP) is 5.31. The van der Waals surface area contributed by atoms with Crippen molar-refractivity contribution in [1.82, 2.24) is 15.2 Å². The van der Waals surface area contributed by atoms with Crippen LogP contribution < -0.4 is 9.47 Å². The summed E-state index contributed by atoms with van der Waals surface area (Å²) in [6.45, 7) is 0. The van der Waals surface area contributed by atoms with Crippen molar-refractivity contribution >= 4 is 23.1 Å². The third-order valence-corrected chi connectivity index (χ3v) is 5.82. The van der Waals surface area contributed by atoms with Crippen LogP contribution in [0.3, 0.4) is 0 Å². The Morgan fingerprint density at radius 3 is 2.52 bits per heavy atom. The van der Waals surface area contributed by atoms with Crippen LogP contribution in [0.5, 0.6) is 11.5 Å². The number of halogens is 1. The summed E-state index contributed by atoms with van der Waals surface area (Å²) in [7, 11) is 3.16. The number of aromatic nitrogens is 3. The van der Waals surface area contributed by atoms with E-state index < -0.39 is 0 Å². The van der Waals surface area contributed by atoms with Crippen molar-refractivity contribution in [1.29, 1.82) is 0 Å². The summed E-state index contributed by atoms with van der Waals surface area (Å²) in [5.41, 5.74) is 2.53. The summed E-state index contributed by atoms with van der Waals surface area (Å²) < 4.78 is 29.4. The van der Waals surface area contributed by atoms with Crippen LogP contribution in [-0.2, 0) is 5.75 Å². The van der Waals surface area contributed by atoms with Gasteiger partial charge in [0, 0.05) is 22.3 Å². The fourth-order valence-corrected chi connectivity index (χ4v) is 4.17. The Labute approximate surface area is 174 Å². The highest BCUT2D eigenvalue weighted by Crippen LogP contribution is 2.33. The first-order valence-electron chi connectivity index (χ1n) is 8.55. The van der Waals surface area contributed by atoms with E-state index in [-0.39, 0.29) is 5.82 Å². The molecular weight excluding hydrogens is 413 g/mol.